The zero-order valence-electron chi connectivity index (χ0n) is 9.07. The van der Waals surface area contributed by atoms with Crippen molar-refractivity contribution in [2.75, 3.05) is 0 Å². The van der Waals surface area contributed by atoms with Crippen LogP contribution in [0.5, 0.6) is 0 Å². The van der Waals surface area contributed by atoms with Crippen molar-refractivity contribution in [3.05, 3.63) is 43.2 Å². The predicted octanol–water partition coefficient (Wildman–Crippen LogP) is 4.27. The molecule has 0 aliphatic heterocycles. The van der Waals surface area contributed by atoms with Crippen LogP contribution in [0.4, 0.5) is 0 Å². The van der Waals surface area contributed by atoms with Crippen LogP contribution in [0.15, 0.2) is 24.3 Å². The van der Waals surface area contributed by atoms with Gasteiger partial charge in [0.05, 0.1) is 4.34 Å². The number of rotatable bonds is 4. The zero-order chi connectivity index (χ0) is 11.5. The predicted molar refractivity (Wildman–Crippen MR) is 73.7 cm³/mol. The van der Waals surface area contributed by atoms with Crippen LogP contribution in [0.3, 0.4) is 0 Å². The average Bonchev–Trinajstić information content (AvgIpc) is 2.87. The third kappa shape index (κ3) is 2.86. The van der Waals surface area contributed by atoms with Crippen molar-refractivity contribution in [3.8, 4) is 0 Å². The molecule has 0 saturated carbocycles. The molecule has 2 rings (SSSR count). The summed E-state index contributed by atoms with van der Waals surface area (Å²) < 4.78 is 0.811. The van der Waals surface area contributed by atoms with Crippen LogP contribution in [-0.4, -0.2) is 0 Å². The molecule has 1 unspecified atom stereocenters. The highest BCUT2D eigenvalue weighted by molar-refractivity contribution is 7.16. The molecule has 0 aromatic carbocycles. The van der Waals surface area contributed by atoms with E-state index in [1.807, 2.05) is 23.5 Å². The van der Waals surface area contributed by atoms with Crippen molar-refractivity contribution in [2.45, 2.75) is 25.8 Å². The maximum Gasteiger partial charge on any atom is 0.0931 e. The smallest absolute Gasteiger partial charge is 0.0931 e. The summed E-state index contributed by atoms with van der Waals surface area (Å²) in [5.41, 5.74) is 6.15. The topological polar surface area (TPSA) is 26.0 Å². The molecule has 0 spiro atoms. The number of hydrogen-bond acceptors (Lipinski definition) is 3. The fourth-order valence-electron chi connectivity index (χ4n) is 1.57. The van der Waals surface area contributed by atoms with Crippen LogP contribution in [0.2, 0.25) is 4.34 Å². The largest absolute Gasteiger partial charge is 0.323 e. The maximum atomic E-state index is 6.15. The summed E-state index contributed by atoms with van der Waals surface area (Å²) in [4.78, 5) is 3.94. The molecule has 2 heterocycles. The Bertz CT molecular complexity index is 461. The standard InChI is InChI=1S/C12H14ClNS2/c1-2-8-3-4-9(15-8)7-10(14)11-5-6-12(13)16-11/h3-6,10H,2,7,14H2,1H3. The monoisotopic (exact) mass is 271 g/mol. The third-order valence-electron chi connectivity index (χ3n) is 2.45. The van der Waals surface area contributed by atoms with Crippen molar-refractivity contribution < 1.29 is 0 Å². The van der Waals surface area contributed by atoms with Gasteiger partial charge in [-0.3, -0.25) is 0 Å². The van der Waals surface area contributed by atoms with E-state index >= 15 is 0 Å². The Labute approximate surface area is 109 Å². The highest BCUT2D eigenvalue weighted by Crippen LogP contribution is 2.29. The highest BCUT2D eigenvalue weighted by Gasteiger charge is 2.10. The lowest BCUT2D eigenvalue weighted by Crippen LogP contribution is -2.10. The quantitative estimate of drug-likeness (QED) is 0.883. The lowest BCUT2D eigenvalue weighted by Gasteiger charge is -2.07. The van der Waals surface area contributed by atoms with Gasteiger partial charge in [0.25, 0.3) is 0 Å². The van der Waals surface area contributed by atoms with Crippen molar-refractivity contribution in [3.63, 3.8) is 0 Å². The summed E-state index contributed by atoms with van der Waals surface area (Å²) in [5, 5.41) is 0. The minimum absolute atomic E-state index is 0.0702. The number of aryl methyl sites for hydroxylation is 1. The normalized spacial score (nSPS) is 12.9. The van der Waals surface area contributed by atoms with Gasteiger partial charge in [-0.1, -0.05) is 18.5 Å². The fourth-order valence-corrected chi connectivity index (χ4v) is 3.65. The molecule has 0 saturated heterocycles. The summed E-state index contributed by atoms with van der Waals surface area (Å²) in [6, 6.07) is 8.37. The second kappa shape index (κ2) is 5.32. The third-order valence-corrected chi connectivity index (χ3v) is 5.06. The van der Waals surface area contributed by atoms with E-state index in [4.69, 9.17) is 17.3 Å². The van der Waals surface area contributed by atoms with Gasteiger partial charge >= 0.3 is 0 Å². The number of nitrogens with two attached hydrogens (primary N) is 1. The van der Waals surface area contributed by atoms with E-state index in [1.54, 1.807) is 11.3 Å². The van der Waals surface area contributed by atoms with Crippen LogP contribution in [-0.2, 0) is 12.8 Å². The van der Waals surface area contributed by atoms with Crippen LogP contribution >= 0.6 is 34.3 Å². The second-order valence-electron chi connectivity index (χ2n) is 3.67. The fraction of sp³-hybridized carbons (Fsp3) is 0.333. The Kier molecular flexibility index (Phi) is 4.03. The second-order valence-corrected chi connectivity index (χ2v) is 6.67. The Morgan fingerprint density at radius 3 is 2.50 bits per heavy atom. The average molecular weight is 272 g/mol. The van der Waals surface area contributed by atoms with Gasteiger partial charge < -0.3 is 5.73 Å². The molecule has 0 bridgehead atoms. The van der Waals surface area contributed by atoms with Crippen molar-refractivity contribution in [2.24, 2.45) is 5.73 Å². The van der Waals surface area contributed by atoms with Gasteiger partial charge in [-0.15, -0.1) is 22.7 Å². The van der Waals surface area contributed by atoms with Crippen LogP contribution in [0.1, 0.15) is 27.6 Å². The van der Waals surface area contributed by atoms with Crippen molar-refractivity contribution in [1.29, 1.82) is 0 Å². The van der Waals surface area contributed by atoms with Gasteiger partial charge in [0.2, 0.25) is 0 Å². The van der Waals surface area contributed by atoms with E-state index in [1.165, 1.54) is 9.75 Å². The number of halogens is 1. The summed E-state index contributed by atoms with van der Waals surface area (Å²) in [5.74, 6) is 0. The first kappa shape index (κ1) is 12.1. The van der Waals surface area contributed by atoms with Gasteiger partial charge in [0, 0.05) is 27.1 Å². The molecule has 0 aliphatic rings. The Morgan fingerprint density at radius 1 is 1.19 bits per heavy atom. The molecule has 2 aromatic heterocycles. The maximum absolute atomic E-state index is 6.15. The summed E-state index contributed by atoms with van der Waals surface area (Å²) >= 11 is 9.33. The van der Waals surface area contributed by atoms with Crippen molar-refractivity contribution >= 4 is 34.3 Å². The molecule has 86 valence electrons. The van der Waals surface area contributed by atoms with E-state index in [-0.39, 0.29) is 6.04 Å². The van der Waals surface area contributed by atoms with Gasteiger partial charge in [0.1, 0.15) is 0 Å². The Balaban J connectivity index is 2.04. The first-order valence-corrected chi connectivity index (χ1v) is 7.28. The molecule has 1 nitrogen and oxygen atoms in total. The molecule has 0 amide bonds. The first-order chi connectivity index (χ1) is 7.69. The van der Waals surface area contributed by atoms with Gasteiger partial charge in [-0.05, 0) is 30.7 Å². The van der Waals surface area contributed by atoms with Crippen molar-refractivity contribution in [1.82, 2.24) is 0 Å². The molecule has 0 fully saturated rings. The zero-order valence-corrected chi connectivity index (χ0v) is 11.5. The lowest BCUT2D eigenvalue weighted by atomic mass is 10.1. The Hall–Kier alpha value is -0.350. The van der Waals surface area contributed by atoms with E-state index in [0.717, 1.165) is 22.1 Å². The summed E-state index contributed by atoms with van der Waals surface area (Å²) in [6.07, 6.45) is 2.01. The molecule has 2 N–H and O–H groups in total. The number of hydrogen-bond donors (Lipinski definition) is 1. The summed E-state index contributed by atoms with van der Waals surface area (Å²) in [6.45, 7) is 2.18. The van der Waals surface area contributed by atoms with E-state index < -0.39 is 0 Å². The molecule has 0 radical (unpaired) electrons. The molecular weight excluding hydrogens is 258 g/mol. The van der Waals surface area contributed by atoms with E-state index in [9.17, 15) is 0 Å². The molecule has 2 aromatic rings. The summed E-state index contributed by atoms with van der Waals surface area (Å²) in [7, 11) is 0. The van der Waals surface area contributed by atoms with Crippen LogP contribution in [0, 0.1) is 0 Å². The molecule has 4 heteroatoms. The lowest BCUT2D eigenvalue weighted by molar-refractivity contribution is 0.745. The number of thiophene rings is 2. The van der Waals surface area contributed by atoms with Gasteiger partial charge in [-0.2, -0.15) is 0 Å². The molecular formula is C12H14ClNS2. The minimum Gasteiger partial charge on any atom is -0.323 e. The van der Waals surface area contributed by atoms with E-state index in [0.29, 0.717) is 0 Å². The van der Waals surface area contributed by atoms with Gasteiger partial charge in [-0.25, -0.2) is 0 Å². The minimum atomic E-state index is 0.0702. The molecule has 16 heavy (non-hydrogen) atoms. The van der Waals surface area contributed by atoms with E-state index in [2.05, 4.69) is 19.1 Å². The van der Waals surface area contributed by atoms with Gasteiger partial charge in [0.15, 0.2) is 0 Å². The SMILES string of the molecule is CCc1ccc(CC(N)c2ccc(Cl)s2)s1. The molecule has 0 aliphatic carbocycles. The highest BCUT2D eigenvalue weighted by atomic mass is 35.5. The molecule has 1 atom stereocenters. The van der Waals surface area contributed by atoms with Crippen LogP contribution in [0.25, 0.3) is 0 Å². The first-order valence-electron chi connectivity index (χ1n) is 5.27. The van der Waals surface area contributed by atoms with Crippen LogP contribution < -0.4 is 5.73 Å². The Morgan fingerprint density at radius 2 is 1.94 bits per heavy atom.